The van der Waals surface area contributed by atoms with Gasteiger partial charge in [-0.3, -0.25) is 14.5 Å². The summed E-state index contributed by atoms with van der Waals surface area (Å²) in [4.78, 5) is 32.5. The van der Waals surface area contributed by atoms with E-state index >= 15 is 0 Å². The Morgan fingerprint density at radius 2 is 1.73 bits per heavy atom. The summed E-state index contributed by atoms with van der Waals surface area (Å²) in [5, 5.41) is 3.96. The van der Waals surface area contributed by atoms with Gasteiger partial charge in [0, 0.05) is 18.7 Å². The van der Waals surface area contributed by atoms with Crippen molar-refractivity contribution in [2.45, 2.75) is 6.54 Å². The van der Waals surface area contributed by atoms with Crippen LogP contribution in [0.2, 0.25) is 0 Å². The lowest BCUT2D eigenvalue weighted by Crippen LogP contribution is -2.54. The van der Waals surface area contributed by atoms with E-state index in [0.717, 1.165) is 11.3 Å². The summed E-state index contributed by atoms with van der Waals surface area (Å²) in [5.41, 5.74) is 1.33. The van der Waals surface area contributed by atoms with Gasteiger partial charge < -0.3 is 18.9 Å². The summed E-state index contributed by atoms with van der Waals surface area (Å²) in [6.45, 7) is 0.737. The first-order valence-electron chi connectivity index (χ1n) is 9.31. The fourth-order valence-corrected chi connectivity index (χ4v) is 3.25. The number of rotatable bonds is 6. The number of ether oxygens (including phenoxy) is 2. The molecule has 154 valence electrons. The summed E-state index contributed by atoms with van der Waals surface area (Å²) < 4.78 is 15.7. The van der Waals surface area contributed by atoms with Crippen molar-refractivity contribution in [3.05, 3.63) is 54.4 Å². The van der Waals surface area contributed by atoms with E-state index in [1.165, 1.54) is 16.9 Å². The number of carbonyl (C=O) groups is 2. The third kappa shape index (κ3) is 3.69. The minimum Gasteiger partial charge on any atom is -0.497 e. The Labute approximate surface area is 172 Å². The average molecular weight is 408 g/mol. The van der Waals surface area contributed by atoms with Gasteiger partial charge in [0.15, 0.2) is 0 Å². The SMILES string of the molecule is COc1ccc(-c2noc(CN3CCN(c4ccccc4OC)C(=O)C3=O)n2)cc1. The van der Waals surface area contributed by atoms with Crippen molar-refractivity contribution in [1.29, 1.82) is 0 Å². The van der Waals surface area contributed by atoms with Crippen molar-refractivity contribution in [3.63, 3.8) is 0 Å². The van der Waals surface area contributed by atoms with E-state index in [-0.39, 0.29) is 12.4 Å². The molecule has 3 aromatic rings. The van der Waals surface area contributed by atoms with E-state index in [1.807, 2.05) is 12.1 Å². The van der Waals surface area contributed by atoms with Gasteiger partial charge >= 0.3 is 11.8 Å². The van der Waals surface area contributed by atoms with E-state index in [4.69, 9.17) is 14.0 Å². The Bertz CT molecular complexity index is 1060. The summed E-state index contributed by atoms with van der Waals surface area (Å²) in [5.74, 6) is 0.663. The number of benzene rings is 2. The normalized spacial score (nSPS) is 14.2. The number of anilines is 1. The van der Waals surface area contributed by atoms with Crippen molar-refractivity contribution < 1.29 is 23.6 Å². The lowest BCUT2D eigenvalue weighted by molar-refractivity contribution is -0.146. The second-order valence-corrected chi connectivity index (χ2v) is 6.60. The number of carbonyl (C=O) groups excluding carboxylic acids is 2. The molecule has 1 fully saturated rings. The zero-order valence-corrected chi connectivity index (χ0v) is 16.6. The Kier molecular flexibility index (Phi) is 5.34. The third-order valence-corrected chi connectivity index (χ3v) is 4.83. The highest BCUT2D eigenvalue weighted by Crippen LogP contribution is 2.29. The number of amides is 2. The first-order chi connectivity index (χ1) is 14.6. The van der Waals surface area contributed by atoms with E-state index in [1.54, 1.807) is 43.5 Å². The number of nitrogens with zero attached hydrogens (tertiary/aromatic N) is 4. The first-order valence-corrected chi connectivity index (χ1v) is 9.31. The van der Waals surface area contributed by atoms with Crippen LogP contribution in [0.15, 0.2) is 53.1 Å². The fourth-order valence-electron chi connectivity index (χ4n) is 3.25. The number of hydrogen-bond acceptors (Lipinski definition) is 7. The van der Waals surface area contributed by atoms with Gasteiger partial charge in [0.05, 0.1) is 19.9 Å². The molecular formula is C21H20N4O5. The monoisotopic (exact) mass is 408 g/mol. The van der Waals surface area contributed by atoms with E-state index in [0.29, 0.717) is 30.4 Å². The maximum Gasteiger partial charge on any atom is 0.316 e. The van der Waals surface area contributed by atoms with Gasteiger partial charge in [-0.2, -0.15) is 4.98 Å². The lowest BCUT2D eigenvalue weighted by atomic mass is 10.2. The largest absolute Gasteiger partial charge is 0.497 e. The zero-order chi connectivity index (χ0) is 21.1. The highest BCUT2D eigenvalue weighted by atomic mass is 16.5. The second kappa shape index (κ2) is 8.24. The molecule has 0 atom stereocenters. The van der Waals surface area contributed by atoms with Gasteiger partial charge in [-0.15, -0.1) is 0 Å². The molecule has 30 heavy (non-hydrogen) atoms. The number of para-hydroxylation sites is 2. The number of piperazine rings is 1. The lowest BCUT2D eigenvalue weighted by Gasteiger charge is -2.33. The molecule has 9 heteroatoms. The van der Waals surface area contributed by atoms with Crippen molar-refractivity contribution in [1.82, 2.24) is 15.0 Å². The minimum absolute atomic E-state index is 0.0630. The molecule has 0 unspecified atom stereocenters. The Hall–Kier alpha value is -3.88. The summed E-state index contributed by atoms with van der Waals surface area (Å²) >= 11 is 0. The molecule has 0 bridgehead atoms. The summed E-state index contributed by atoms with van der Waals surface area (Å²) in [6.07, 6.45) is 0. The predicted molar refractivity (Wildman–Crippen MR) is 107 cm³/mol. The van der Waals surface area contributed by atoms with Crippen LogP contribution in [-0.4, -0.2) is 54.2 Å². The van der Waals surface area contributed by atoms with Crippen molar-refractivity contribution in [2.75, 3.05) is 32.2 Å². The molecule has 0 spiro atoms. The van der Waals surface area contributed by atoms with Gasteiger partial charge in [0.25, 0.3) is 0 Å². The smallest absolute Gasteiger partial charge is 0.316 e. The van der Waals surface area contributed by atoms with Crippen molar-refractivity contribution in [2.24, 2.45) is 0 Å². The van der Waals surface area contributed by atoms with Crippen LogP contribution in [0.4, 0.5) is 5.69 Å². The van der Waals surface area contributed by atoms with Gasteiger partial charge in [-0.05, 0) is 36.4 Å². The molecule has 2 aromatic carbocycles. The van der Waals surface area contributed by atoms with Crippen molar-refractivity contribution in [3.8, 4) is 22.9 Å². The standard InChI is InChI=1S/C21H20N4O5/c1-28-15-9-7-14(8-10-15)19-22-18(30-23-19)13-24-11-12-25(21(27)20(24)26)16-5-3-4-6-17(16)29-2/h3-10H,11-13H2,1-2H3. The summed E-state index contributed by atoms with van der Waals surface area (Å²) in [6, 6.07) is 14.3. The quantitative estimate of drug-likeness (QED) is 0.576. The van der Waals surface area contributed by atoms with Crippen LogP contribution in [0.3, 0.4) is 0 Å². The maximum absolute atomic E-state index is 12.7. The topological polar surface area (TPSA) is 98.0 Å². The molecule has 1 aliphatic heterocycles. The highest BCUT2D eigenvalue weighted by Gasteiger charge is 2.35. The van der Waals surface area contributed by atoms with Crippen LogP contribution in [0, 0.1) is 0 Å². The molecule has 0 aliphatic carbocycles. The molecule has 1 aromatic heterocycles. The Morgan fingerprint density at radius 1 is 0.967 bits per heavy atom. The fraction of sp³-hybridized carbons (Fsp3) is 0.238. The average Bonchev–Trinajstić information content (AvgIpc) is 3.26. The van der Waals surface area contributed by atoms with E-state index < -0.39 is 11.8 Å². The molecule has 9 nitrogen and oxygen atoms in total. The number of hydrogen-bond donors (Lipinski definition) is 0. The van der Waals surface area contributed by atoms with Crippen LogP contribution in [0.25, 0.3) is 11.4 Å². The molecule has 0 radical (unpaired) electrons. The molecule has 2 amide bonds. The van der Waals surface area contributed by atoms with Crippen LogP contribution >= 0.6 is 0 Å². The predicted octanol–water partition coefficient (Wildman–Crippen LogP) is 2.13. The molecule has 2 heterocycles. The Balaban J connectivity index is 1.46. The molecule has 1 saturated heterocycles. The minimum atomic E-state index is -0.628. The molecule has 0 saturated carbocycles. The second-order valence-electron chi connectivity index (χ2n) is 6.60. The molecular weight excluding hydrogens is 388 g/mol. The maximum atomic E-state index is 12.7. The van der Waals surface area contributed by atoms with E-state index in [9.17, 15) is 9.59 Å². The number of aromatic nitrogens is 2. The van der Waals surface area contributed by atoms with Crippen LogP contribution < -0.4 is 14.4 Å². The first kappa shape index (κ1) is 19.4. The van der Waals surface area contributed by atoms with Gasteiger partial charge in [0.2, 0.25) is 11.7 Å². The Morgan fingerprint density at radius 3 is 2.47 bits per heavy atom. The van der Waals surface area contributed by atoms with Crippen LogP contribution in [0.5, 0.6) is 11.5 Å². The highest BCUT2D eigenvalue weighted by molar-refractivity contribution is 6.41. The zero-order valence-electron chi connectivity index (χ0n) is 16.6. The van der Waals surface area contributed by atoms with E-state index in [2.05, 4.69) is 10.1 Å². The van der Waals surface area contributed by atoms with Crippen LogP contribution in [0.1, 0.15) is 5.89 Å². The molecule has 4 rings (SSSR count). The summed E-state index contributed by atoms with van der Waals surface area (Å²) in [7, 11) is 3.12. The molecule has 0 N–H and O–H groups in total. The van der Waals surface area contributed by atoms with Gasteiger partial charge in [0.1, 0.15) is 18.0 Å². The van der Waals surface area contributed by atoms with Gasteiger partial charge in [-0.25, -0.2) is 0 Å². The van der Waals surface area contributed by atoms with Gasteiger partial charge in [-0.1, -0.05) is 17.3 Å². The van der Waals surface area contributed by atoms with Crippen molar-refractivity contribution >= 4 is 17.5 Å². The van der Waals surface area contributed by atoms with Crippen LogP contribution in [-0.2, 0) is 16.1 Å². The number of methoxy groups -OCH3 is 2. The third-order valence-electron chi connectivity index (χ3n) is 4.83. The molecule has 1 aliphatic rings.